The average Bonchev–Trinajstić information content (AvgIpc) is 3.45. The Balaban J connectivity index is 1.35. The minimum atomic E-state index is -1.82. The molecule has 1 aliphatic carbocycles. The van der Waals surface area contributed by atoms with E-state index in [0.29, 0.717) is 11.4 Å². The number of phenolic OH excluding ortho intramolecular Hbond substituents is 2. The molecule has 2 aliphatic rings. The number of hydrogen-bond acceptors (Lipinski definition) is 16. The first kappa shape index (κ1) is 32.7. The number of nitrogens with one attached hydrogen (secondary N) is 1. The van der Waals surface area contributed by atoms with E-state index in [2.05, 4.69) is 20.4 Å². The van der Waals surface area contributed by atoms with Crippen LogP contribution in [0.4, 0.5) is 16.8 Å². The molecule has 5 rings (SSSR count). The second-order valence-corrected chi connectivity index (χ2v) is 12.3. The van der Waals surface area contributed by atoms with Crippen molar-refractivity contribution < 1.29 is 49.0 Å². The number of anilines is 3. The van der Waals surface area contributed by atoms with Crippen molar-refractivity contribution in [2.24, 2.45) is 11.1 Å². The van der Waals surface area contributed by atoms with Gasteiger partial charge in [-0.1, -0.05) is 28.4 Å². The molecular formula is C28H26N8O9S2. The van der Waals surface area contributed by atoms with Crippen LogP contribution in [0.2, 0.25) is 0 Å². The number of allylic oxidation sites excluding steroid dienone is 2. The first-order valence-corrected chi connectivity index (χ1v) is 15.5. The SMILES string of the molecule is Nc1cc(N)[n+](C/C=C/C2=C(C(=O)[O-])C3C(=O)[C@@H](NC(=O)/C(=N\O[C@H](C(=O)O)c4ccc(O)c(O)c4)c4csc(N)n4)[C@H]3SC2)cn1. The van der Waals surface area contributed by atoms with Crippen LogP contribution >= 0.6 is 23.1 Å². The molecule has 3 aromatic rings. The quantitative estimate of drug-likeness (QED) is 0.0531. The summed E-state index contributed by atoms with van der Waals surface area (Å²) in [5.74, 6) is -6.01. The fourth-order valence-electron chi connectivity index (χ4n) is 4.91. The Labute approximate surface area is 273 Å². The summed E-state index contributed by atoms with van der Waals surface area (Å²) in [6, 6.07) is 3.52. The predicted octanol–water partition coefficient (Wildman–Crippen LogP) is -1.37. The average molecular weight is 683 g/mol. The molecule has 0 saturated heterocycles. The number of carboxylic acids is 2. The number of Topliss-reactive ketones (excluding diaryl/α,β-unsaturated/α-hetero) is 1. The molecule has 3 heterocycles. The van der Waals surface area contributed by atoms with Crippen molar-refractivity contribution in [1.29, 1.82) is 0 Å². The molecule has 244 valence electrons. The smallest absolute Gasteiger partial charge is 0.352 e. The van der Waals surface area contributed by atoms with Crippen molar-refractivity contribution in [3.63, 3.8) is 0 Å². The van der Waals surface area contributed by atoms with E-state index in [1.807, 2.05) is 0 Å². The number of aromatic nitrogens is 3. The summed E-state index contributed by atoms with van der Waals surface area (Å²) in [5, 5.41) is 48.2. The van der Waals surface area contributed by atoms with E-state index < -0.39 is 64.2 Å². The molecule has 2 aromatic heterocycles. The van der Waals surface area contributed by atoms with Crippen molar-refractivity contribution >= 4 is 69.2 Å². The highest BCUT2D eigenvalue weighted by Gasteiger charge is 2.55. The van der Waals surface area contributed by atoms with Gasteiger partial charge >= 0.3 is 5.97 Å². The maximum absolute atomic E-state index is 13.4. The van der Waals surface area contributed by atoms with Gasteiger partial charge in [-0.05, 0) is 23.3 Å². The highest BCUT2D eigenvalue weighted by molar-refractivity contribution is 8.00. The number of hydrogen-bond donors (Lipinski definition) is 7. The zero-order valence-corrected chi connectivity index (χ0v) is 25.6. The highest BCUT2D eigenvalue weighted by Crippen LogP contribution is 2.45. The van der Waals surface area contributed by atoms with E-state index >= 15 is 0 Å². The Bertz CT molecular complexity index is 1880. The fraction of sp³-hybridized carbons (Fsp3) is 0.214. The summed E-state index contributed by atoms with van der Waals surface area (Å²) >= 11 is 2.22. The van der Waals surface area contributed by atoms with E-state index in [9.17, 15) is 39.6 Å². The lowest BCUT2D eigenvalue weighted by atomic mass is 9.71. The summed E-state index contributed by atoms with van der Waals surface area (Å²) < 4.78 is 1.58. The molecule has 47 heavy (non-hydrogen) atoms. The summed E-state index contributed by atoms with van der Waals surface area (Å²) in [7, 11) is 0. The number of nitrogens with zero attached hydrogens (tertiary/aromatic N) is 4. The molecule has 10 N–H and O–H groups in total. The van der Waals surface area contributed by atoms with Gasteiger partial charge in [0.15, 0.2) is 28.1 Å². The van der Waals surface area contributed by atoms with E-state index in [1.54, 1.807) is 16.7 Å². The van der Waals surface area contributed by atoms with E-state index in [-0.39, 0.29) is 40.1 Å². The lowest BCUT2D eigenvalue weighted by Crippen LogP contribution is -2.66. The molecule has 1 saturated carbocycles. The molecule has 0 bridgehead atoms. The van der Waals surface area contributed by atoms with Crippen LogP contribution in [0.3, 0.4) is 0 Å². The Hall–Kier alpha value is -5.69. The number of nitrogen functional groups attached to an aromatic ring is 3. The van der Waals surface area contributed by atoms with Crippen LogP contribution in [0.5, 0.6) is 11.5 Å². The number of oxime groups is 1. The van der Waals surface area contributed by atoms with Crippen LogP contribution in [0, 0.1) is 5.92 Å². The van der Waals surface area contributed by atoms with Crippen LogP contribution in [-0.4, -0.2) is 71.7 Å². The van der Waals surface area contributed by atoms with Crippen molar-refractivity contribution in [1.82, 2.24) is 15.3 Å². The molecule has 0 radical (unpaired) electrons. The maximum atomic E-state index is 13.4. The van der Waals surface area contributed by atoms with E-state index in [0.717, 1.165) is 23.5 Å². The van der Waals surface area contributed by atoms with Crippen molar-refractivity contribution in [3.05, 3.63) is 70.5 Å². The zero-order chi connectivity index (χ0) is 34.0. The number of carbonyl (C=O) groups is 4. The van der Waals surface area contributed by atoms with Crippen LogP contribution in [0.1, 0.15) is 17.4 Å². The summed E-state index contributed by atoms with van der Waals surface area (Å²) in [6.45, 7) is 0.246. The predicted molar refractivity (Wildman–Crippen MR) is 165 cm³/mol. The molecule has 1 aromatic carbocycles. The van der Waals surface area contributed by atoms with Gasteiger partial charge in [0.2, 0.25) is 24.1 Å². The third-order valence-corrected chi connectivity index (χ3v) is 9.30. The van der Waals surface area contributed by atoms with Crippen molar-refractivity contribution in [3.8, 4) is 11.5 Å². The lowest BCUT2D eigenvalue weighted by Gasteiger charge is -2.47. The third kappa shape index (κ3) is 6.79. The summed E-state index contributed by atoms with van der Waals surface area (Å²) in [6.07, 6.45) is 2.83. The molecule has 1 unspecified atom stereocenters. The molecule has 4 atom stereocenters. The summed E-state index contributed by atoms with van der Waals surface area (Å²) in [4.78, 5) is 64.0. The number of thioether (sulfide) groups is 1. The second kappa shape index (κ2) is 13.3. The van der Waals surface area contributed by atoms with E-state index in [1.165, 1.54) is 35.6 Å². The van der Waals surface area contributed by atoms with Gasteiger partial charge in [0, 0.05) is 21.9 Å². The minimum Gasteiger partial charge on any atom is -0.545 e. The normalized spacial score (nSPS) is 20.0. The number of benzene rings is 1. The van der Waals surface area contributed by atoms with Gasteiger partial charge in [0.1, 0.15) is 11.7 Å². The summed E-state index contributed by atoms with van der Waals surface area (Å²) in [5.41, 5.74) is 16.7. The monoisotopic (exact) mass is 682 g/mol. The number of carboxylic acid groups (broad SMARTS) is 2. The Morgan fingerprint density at radius 1 is 1.21 bits per heavy atom. The molecule has 17 nitrogen and oxygen atoms in total. The van der Waals surface area contributed by atoms with Gasteiger partial charge in [-0.2, -0.15) is 11.8 Å². The number of thiazole rings is 1. The Kier molecular flexibility index (Phi) is 9.29. The maximum Gasteiger partial charge on any atom is 0.352 e. The number of aromatic hydroxyl groups is 2. The van der Waals surface area contributed by atoms with Crippen LogP contribution in [0.25, 0.3) is 0 Å². The minimum absolute atomic E-state index is 0.0550. The van der Waals surface area contributed by atoms with Crippen LogP contribution in [-0.2, 0) is 30.6 Å². The number of phenols is 2. The molecule has 1 fully saturated rings. The fourth-order valence-corrected chi connectivity index (χ4v) is 6.94. The molecule has 0 spiro atoms. The standard InChI is InChI=1S/C28H26N8O9S2/c29-16-7-17(30)36(10-32-16)5-1-2-12-8-46-24-19(18(12)26(41)42)22(39)21(24)34-25(40)20(13-9-47-28(31)33-13)35-45-23(27(43)44)11-3-4-14(37)15(38)6-11/h1-4,6-7,9-10,19,21,23-24H,5,8H2,(H10,29,30,31,33,34,35,37,38,40,41,42,43,44)/b2-1+/t19?,21-,23+,24+/m1/s1. The Morgan fingerprint density at radius 3 is 2.62 bits per heavy atom. The number of ketones is 1. The van der Waals surface area contributed by atoms with Gasteiger partial charge in [-0.25, -0.2) is 14.3 Å². The van der Waals surface area contributed by atoms with E-state index in [4.69, 9.17) is 22.0 Å². The first-order valence-electron chi connectivity index (χ1n) is 13.5. The van der Waals surface area contributed by atoms with Gasteiger partial charge in [-0.15, -0.1) is 11.3 Å². The third-order valence-electron chi connectivity index (χ3n) is 7.22. The number of rotatable bonds is 11. The van der Waals surface area contributed by atoms with Crippen LogP contribution in [0.15, 0.2) is 64.4 Å². The largest absolute Gasteiger partial charge is 0.545 e. The van der Waals surface area contributed by atoms with Gasteiger partial charge in [-0.3, -0.25) is 9.59 Å². The number of aliphatic carboxylic acids is 2. The molecule has 1 amide bonds. The van der Waals surface area contributed by atoms with Gasteiger partial charge in [0.25, 0.3) is 5.91 Å². The lowest BCUT2D eigenvalue weighted by molar-refractivity contribution is -0.675. The number of carbonyl (C=O) groups excluding carboxylic acids is 3. The van der Waals surface area contributed by atoms with Crippen molar-refractivity contribution in [2.75, 3.05) is 23.0 Å². The van der Waals surface area contributed by atoms with Crippen molar-refractivity contribution in [2.45, 2.75) is 23.9 Å². The second-order valence-electron chi connectivity index (χ2n) is 10.2. The molecular weight excluding hydrogens is 656 g/mol. The Morgan fingerprint density at radius 2 is 1.98 bits per heavy atom. The molecule has 19 heteroatoms. The van der Waals surface area contributed by atoms with Crippen LogP contribution < -0.4 is 32.2 Å². The zero-order valence-electron chi connectivity index (χ0n) is 24.0. The molecule has 1 aliphatic heterocycles. The van der Waals surface area contributed by atoms with Gasteiger partial charge < -0.3 is 52.6 Å². The number of nitrogens with two attached hydrogens (primary N) is 3. The first-order chi connectivity index (χ1) is 22.3. The topological polar surface area (TPSA) is 293 Å². The number of fused-ring (bicyclic) bond motifs is 1. The number of amides is 1. The highest BCUT2D eigenvalue weighted by atomic mass is 32.2. The van der Waals surface area contributed by atoms with Gasteiger partial charge in [0.05, 0.1) is 24.5 Å².